The van der Waals surface area contributed by atoms with E-state index in [1.54, 1.807) is 14.0 Å². The Bertz CT molecular complexity index is 725. The van der Waals surface area contributed by atoms with E-state index in [2.05, 4.69) is 5.32 Å². The minimum atomic E-state index is -0.580. The van der Waals surface area contributed by atoms with E-state index in [1.807, 2.05) is 63.2 Å². The van der Waals surface area contributed by atoms with Crippen LogP contribution in [0.5, 0.6) is 17.2 Å². The Kier molecular flexibility index (Phi) is 6.89. The van der Waals surface area contributed by atoms with Crippen molar-refractivity contribution >= 4 is 5.91 Å². The molecule has 2 aromatic rings. The maximum Gasteiger partial charge on any atom is 0.261 e. The van der Waals surface area contributed by atoms with E-state index in [1.165, 1.54) is 0 Å². The van der Waals surface area contributed by atoms with Gasteiger partial charge in [-0.2, -0.15) is 0 Å². The molecule has 0 spiro atoms. The zero-order valence-corrected chi connectivity index (χ0v) is 16.0. The second kappa shape index (κ2) is 9.13. The fraction of sp³-hybridized carbons (Fsp3) is 0.381. The molecule has 0 aliphatic rings. The summed E-state index contributed by atoms with van der Waals surface area (Å²) in [5, 5.41) is 2.88. The van der Waals surface area contributed by atoms with Crippen LogP contribution in [0.2, 0.25) is 0 Å². The summed E-state index contributed by atoms with van der Waals surface area (Å²) in [5.41, 5.74) is 2.07. The zero-order valence-electron chi connectivity index (χ0n) is 16.0. The topological polar surface area (TPSA) is 56.8 Å². The van der Waals surface area contributed by atoms with Crippen LogP contribution in [0.4, 0.5) is 0 Å². The number of aryl methyl sites for hydroxylation is 1. The SMILES string of the molecule is COc1cc(CNC(=O)[C@H](C)Oc2ccc(C)cc2)ccc1OC(C)C. The number of amides is 1. The van der Waals surface area contributed by atoms with Crippen molar-refractivity contribution in [2.75, 3.05) is 7.11 Å². The van der Waals surface area contributed by atoms with Crippen LogP contribution in [0.1, 0.15) is 31.9 Å². The first-order chi connectivity index (χ1) is 12.4. The van der Waals surface area contributed by atoms with Crippen LogP contribution in [-0.2, 0) is 11.3 Å². The molecule has 2 rings (SSSR count). The Labute approximate surface area is 155 Å². The highest BCUT2D eigenvalue weighted by atomic mass is 16.5. The number of methoxy groups -OCH3 is 1. The van der Waals surface area contributed by atoms with Crippen molar-refractivity contribution in [3.05, 3.63) is 53.6 Å². The third-order valence-corrected chi connectivity index (χ3v) is 3.76. The summed E-state index contributed by atoms with van der Waals surface area (Å²) in [6.07, 6.45) is -0.516. The van der Waals surface area contributed by atoms with Crippen LogP contribution >= 0.6 is 0 Å². The maximum atomic E-state index is 12.3. The predicted molar refractivity (Wildman–Crippen MR) is 102 cm³/mol. The van der Waals surface area contributed by atoms with Gasteiger partial charge in [-0.15, -0.1) is 0 Å². The number of hydrogen-bond acceptors (Lipinski definition) is 4. The Hall–Kier alpha value is -2.69. The van der Waals surface area contributed by atoms with Crippen LogP contribution in [-0.4, -0.2) is 25.2 Å². The lowest BCUT2D eigenvalue weighted by atomic mass is 10.2. The molecule has 0 aromatic heterocycles. The van der Waals surface area contributed by atoms with E-state index in [4.69, 9.17) is 14.2 Å². The van der Waals surface area contributed by atoms with Gasteiger partial charge in [-0.1, -0.05) is 23.8 Å². The summed E-state index contributed by atoms with van der Waals surface area (Å²) >= 11 is 0. The third kappa shape index (κ3) is 5.69. The monoisotopic (exact) mass is 357 g/mol. The Morgan fingerprint density at radius 3 is 2.31 bits per heavy atom. The first kappa shape index (κ1) is 19.6. The number of rotatable bonds is 8. The Morgan fingerprint density at radius 1 is 1.00 bits per heavy atom. The van der Waals surface area contributed by atoms with Gasteiger partial charge >= 0.3 is 0 Å². The minimum Gasteiger partial charge on any atom is -0.493 e. The van der Waals surface area contributed by atoms with Gasteiger partial charge in [0, 0.05) is 6.54 Å². The molecule has 0 saturated heterocycles. The summed E-state index contributed by atoms with van der Waals surface area (Å²) in [7, 11) is 1.60. The molecular formula is C21H27NO4. The van der Waals surface area contributed by atoms with E-state index in [-0.39, 0.29) is 12.0 Å². The molecule has 0 saturated carbocycles. The molecule has 0 aliphatic carbocycles. The molecule has 0 unspecified atom stereocenters. The molecule has 1 amide bonds. The molecule has 0 bridgehead atoms. The van der Waals surface area contributed by atoms with Crippen molar-refractivity contribution in [3.63, 3.8) is 0 Å². The number of carbonyl (C=O) groups excluding carboxylic acids is 1. The lowest BCUT2D eigenvalue weighted by Crippen LogP contribution is -2.35. The van der Waals surface area contributed by atoms with Crippen LogP contribution in [0, 0.1) is 6.92 Å². The smallest absolute Gasteiger partial charge is 0.261 e. The van der Waals surface area contributed by atoms with Gasteiger partial charge in [0.25, 0.3) is 5.91 Å². The molecule has 0 heterocycles. The van der Waals surface area contributed by atoms with Gasteiger partial charge in [0.05, 0.1) is 13.2 Å². The van der Waals surface area contributed by atoms with Crippen molar-refractivity contribution < 1.29 is 19.0 Å². The standard InChI is InChI=1S/C21H27NO4/c1-14(2)25-19-11-8-17(12-20(19)24-5)13-22-21(23)16(4)26-18-9-6-15(3)7-10-18/h6-12,14,16H,13H2,1-5H3,(H,22,23)/t16-/m0/s1. The van der Waals surface area contributed by atoms with E-state index < -0.39 is 6.10 Å². The molecule has 1 N–H and O–H groups in total. The van der Waals surface area contributed by atoms with Crippen LogP contribution in [0.15, 0.2) is 42.5 Å². The van der Waals surface area contributed by atoms with Crippen molar-refractivity contribution in [2.45, 2.75) is 46.4 Å². The van der Waals surface area contributed by atoms with Crippen LogP contribution < -0.4 is 19.5 Å². The second-order valence-electron chi connectivity index (χ2n) is 6.44. The van der Waals surface area contributed by atoms with E-state index in [9.17, 15) is 4.79 Å². The summed E-state index contributed by atoms with van der Waals surface area (Å²) < 4.78 is 16.7. The predicted octanol–water partition coefficient (Wildman–Crippen LogP) is 3.87. The van der Waals surface area contributed by atoms with Crippen LogP contribution in [0.25, 0.3) is 0 Å². The number of hydrogen-bond donors (Lipinski definition) is 1. The van der Waals surface area contributed by atoms with Gasteiger partial charge in [-0.3, -0.25) is 4.79 Å². The van der Waals surface area contributed by atoms with Crippen LogP contribution in [0.3, 0.4) is 0 Å². The first-order valence-electron chi connectivity index (χ1n) is 8.73. The molecule has 5 nitrogen and oxygen atoms in total. The van der Waals surface area contributed by atoms with E-state index in [0.717, 1.165) is 11.1 Å². The molecule has 1 atom stereocenters. The highest BCUT2D eigenvalue weighted by molar-refractivity contribution is 5.80. The van der Waals surface area contributed by atoms with Gasteiger partial charge in [0.1, 0.15) is 5.75 Å². The third-order valence-electron chi connectivity index (χ3n) is 3.76. The van der Waals surface area contributed by atoms with Gasteiger partial charge in [0.2, 0.25) is 0 Å². The van der Waals surface area contributed by atoms with E-state index >= 15 is 0 Å². The normalized spacial score (nSPS) is 11.8. The molecule has 0 radical (unpaired) electrons. The lowest BCUT2D eigenvalue weighted by Gasteiger charge is -2.16. The average molecular weight is 357 g/mol. The largest absolute Gasteiger partial charge is 0.493 e. The summed E-state index contributed by atoms with van der Waals surface area (Å²) in [4.78, 5) is 12.3. The fourth-order valence-electron chi connectivity index (χ4n) is 2.38. The Morgan fingerprint density at radius 2 is 1.69 bits per heavy atom. The Balaban J connectivity index is 1.92. The van der Waals surface area contributed by atoms with Gasteiger partial charge in [-0.25, -0.2) is 0 Å². The van der Waals surface area contributed by atoms with Crippen molar-refractivity contribution in [3.8, 4) is 17.2 Å². The number of nitrogens with one attached hydrogen (secondary N) is 1. The van der Waals surface area contributed by atoms with Gasteiger partial charge in [-0.05, 0) is 57.5 Å². The average Bonchev–Trinajstić information content (AvgIpc) is 2.62. The molecule has 0 aliphatic heterocycles. The number of carbonyl (C=O) groups is 1. The summed E-state index contributed by atoms with van der Waals surface area (Å²) in [6, 6.07) is 13.2. The minimum absolute atomic E-state index is 0.0641. The molecular weight excluding hydrogens is 330 g/mol. The molecule has 0 fully saturated rings. The molecule has 2 aromatic carbocycles. The lowest BCUT2D eigenvalue weighted by molar-refractivity contribution is -0.127. The van der Waals surface area contributed by atoms with Gasteiger partial charge < -0.3 is 19.5 Å². The van der Waals surface area contributed by atoms with Crippen molar-refractivity contribution in [1.29, 1.82) is 0 Å². The van der Waals surface area contributed by atoms with Crippen molar-refractivity contribution in [2.24, 2.45) is 0 Å². The fourth-order valence-corrected chi connectivity index (χ4v) is 2.38. The molecule has 26 heavy (non-hydrogen) atoms. The summed E-state index contributed by atoms with van der Waals surface area (Å²) in [5.74, 6) is 1.84. The zero-order chi connectivity index (χ0) is 19.1. The highest BCUT2D eigenvalue weighted by Gasteiger charge is 2.15. The quantitative estimate of drug-likeness (QED) is 0.779. The second-order valence-corrected chi connectivity index (χ2v) is 6.44. The molecule has 140 valence electrons. The number of benzene rings is 2. The van der Waals surface area contributed by atoms with Gasteiger partial charge in [0.15, 0.2) is 17.6 Å². The first-order valence-corrected chi connectivity index (χ1v) is 8.73. The number of ether oxygens (including phenoxy) is 3. The van der Waals surface area contributed by atoms with Crippen molar-refractivity contribution in [1.82, 2.24) is 5.32 Å². The highest BCUT2D eigenvalue weighted by Crippen LogP contribution is 2.29. The summed E-state index contributed by atoms with van der Waals surface area (Å²) in [6.45, 7) is 8.05. The molecule has 5 heteroatoms. The maximum absolute atomic E-state index is 12.3. The van der Waals surface area contributed by atoms with E-state index in [0.29, 0.717) is 23.8 Å².